The van der Waals surface area contributed by atoms with Crippen molar-refractivity contribution < 1.29 is 4.58 Å². The van der Waals surface area contributed by atoms with Gasteiger partial charge in [-0.25, -0.2) is 0 Å². The molecule has 18 heavy (non-hydrogen) atoms. The summed E-state index contributed by atoms with van der Waals surface area (Å²) in [6, 6.07) is 0. The van der Waals surface area contributed by atoms with Crippen molar-refractivity contribution in [2.45, 2.75) is 19.3 Å². The van der Waals surface area contributed by atoms with E-state index in [0.29, 0.717) is 0 Å². The van der Waals surface area contributed by atoms with E-state index in [2.05, 4.69) is 23.9 Å². The predicted octanol–water partition coefficient (Wildman–Crippen LogP) is 0.580. The van der Waals surface area contributed by atoms with Crippen molar-refractivity contribution in [1.29, 1.82) is 0 Å². The van der Waals surface area contributed by atoms with Gasteiger partial charge in [0.25, 0.3) is 5.96 Å². The van der Waals surface area contributed by atoms with Gasteiger partial charge in [0.05, 0.1) is 28.2 Å². The largest absolute Gasteiger partial charge is 0.392 e. The summed E-state index contributed by atoms with van der Waals surface area (Å²) in [6.07, 6.45) is 3.81. The van der Waals surface area contributed by atoms with Crippen molar-refractivity contribution >= 4 is 11.9 Å². The molecule has 0 amide bonds. The summed E-state index contributed by atoms with van der Waals surface area (Å²) < 4.78 is 2.05. The summed E-state index contributed by atoms with van der Waals surface area (Å²) in [5.74, 6) is 2.04. The maximum Gasteiger partial charge on any atom is 0.392 e. The van der Waals surface area contributed by atoms with Crippen molar-refractivity contribution in [3.05, 3.63) is 0 Å². The Labute approximate surface area is 111 Å². The fourth-order valence-electron chi connectivity index (χ4n) is 2.23. The Morgan fingerprint density at radius 3 is 1.94 bits per heavy atom. The monoisotopic (exact) mass is 254 g/mol. The Kier molecular flexibility index (Phi) is 5.44. The average Bonchev–Trinajstić information content (AvgIpc) is 2.26. The van der Waals surface area contributed by atoms with Crippen LogP contribution in [0.2, 0.25) is 0 Å². The molecule has 0 aliphatic carbocycles. The molecule has 0 aromatic heterocycles. The second-order valence-electron chi connectivity index (χ2n) is 5.40. The average molecular weight is 254 g/mol. The summed E-state index contributed by atoms with van der Waals surface area (Å²) in [4.78, 5) is 11.4. The number of guanidine groups is 2. The zero-order valence-corrected chi connectivity index (χ0v) is 12.8. The zero-order valence-electron chi connectivity index (χ0n) is 12.8. The van der Waals surface area contributed by atoms with Crippen LogP contribution in [0.4, 0.5) is 0 Å². The highest BCUT2D eigenvalue weighted by Gasteiger charge is 2.21. The first kappa shape index (κ1) is 14.8. The highest BCUT2D eigenvalue weighted by molar-refractivity contribution is 5.92. The second kappa shape index (κ2) is 6.61. The fourth-order valence-corrected chi connectivity index (χ4v) is 2.23. The molecule has 5 nitrogen and oxygen atoms in total. The van der Waals surface area contributed by atoms with Crippen LogP contribution in [0.15, 0.2) is 4.99 Å². The van der Waals surface area contributed by atoms with E-state index < -0.39 is 0 Å². The quantitative estimate of drug-likeness (QED) is 0.359. The molecule has 1 heterocycles. The van der Waals surface area contributed by atoms with Crippen molar-refractivity contribution in [2.75, 3.05) is 55.4 Å². The normalized spacial score (nSPS) is 17.1. The molecule has 0 aromatic rings. The maximum absolute atomic E-state index is 4.84. The lowest BCUT2D eigenvalue weighted by Gasteiger charge is -2.29. The van der Waals surface area contributed by atoms with E-state index in [-0.39, 0.29) is 0 Å². The van der Waals surface area contributed by atoms with Crippen LogP contribution in [0.1, 0.15) is 19.3 Å². The fraction of sp³-hybridized carbons (Fsp3) is 0.846. The zero-order chi connectivity index (χ0) is 13.7. The van der Waals surface area contributed by atoms with Gasteiger partial charge in [-0.1, -0.05) is 0 Å². The highest BCUT2D eigenvalue weighted by atomic mass is 15.4. The number of hydrogen-bond donors (Lipinski definition) is 0. The molecule has 0 aromatic carbocycles. The van der Waals surface area contributed by atoms with Crippen LogP contribution in [0.25, 0.3) is 0 Å². The Hall–Kier alpha value is -1.26. The molecule has 0 atom stereocenters. The van der Waals surface area contributed by atoms with E-state index >= 15 is 0 Å². The van der Waals surface area contributed by atoms with Gasteiger partial charge in [-0.15, -0.1) is 0 Å². The lowest BCUT2D eigenvalue weighted by molar-refractivity contribution is -0.470. The van der Waals surface area contributed by atoms with E-state index in [1.165, 1.54) is 19.3 Å². The molecule has 1 saturated heterocycles. The molecule has 0 N–H and O–H groups in total. The van der Waals surface area contributed by atoms with Gasteiger partial charge < -0.3 is 9.80 Å². The highest BCUT2D eigenvalue weighted by Crippen LogP contribution is 2.07. The predicted molar refractivity (Wildman–Crippen MR) is 77.3 cm³/mol. The van der Waals surface area contributed by atoms with Crippen molar-refractivity contribution in [3.8, 4) is 0 Å². The number of rotatable bonds is 0. The molecule has 1 rings (SSSR count). The van der Waals surface area contributed by atoms with E-state index in [9.17, 15) is 0 Å². The standard InChI is InChI=1S/C13H28N5/c1-15(2)12(16(3)4)14-13-17(5)10-8-7-9-11-18(13)6/h7-11H2,1-6H3/q+1. The lowest BCUT2D eigenvalue weighted by atomic mass is 10.2. The van der Waals surface area contributed by atoms with Gasteiger partial charge in [-0.05, 0) is 24.3 Å². The summed E-state index contributed by atoms with van der Waals surface area (Å²) >= 11 is 0. The van der Waals surface area contributed by atoms with Crippen molar-refractivity contribution in [3.63, 3.8) is 0 Å². The first-order chi connectivity index (χ1) is 8.43. The summed E-state index contributed by atoms with van der Waals surface area (Å²) in [7, 11) is 12.4. The summed E-state index contributed by atoms with van der Waals surface area (Å²) in [5.41, 5.74) is 0. The number of hydrogen-bond acceptors (Lipinski definition) is 0. The molecular formula is C13H28N5+. The van der Waals surface area contributed by atoms with Crippen LogP contribution < -0.4 is 0 Å². The van der Waals surface area contributed by atoms with Gasteiger partial charge in [0.15, 0.2) is 0 Å². The first-order valence-corrected chi connectivity index (χ1v) is 6.66. The molecule has 0 spiro atoms. The molecular weight excluding hydrogens is 226 g/mol. The van der Waals surface area contributed by atoms with Gasteiger partial charge in [-0.3, -0.25) is 9.48 Å². The van der Waals surface area contributed by atoms with Crippen LogP contribution in [-0.2, 0) is 0 Å². The molecule has 1 aliphatic heterocycles. The van der Waals surface area contributed by atoms with Crippen LogP contribution >= 0.6 is 0 Å². The van der Waals surface area contributed by atoms with Gasteiger partial charge in [0.2, 0.25) is 0 Å². The van der Waals surface area contributed by atoms with E-state index in [1.54, 1.807) is 0 Å². The van der Waals surface area contributed by atoms with Gasteiger partial charge in [0.1, 0.15) is 0 Å². The lowest BCUT2D eigenvalue weighted by Crippen LogP contribution is -2.44. The SMILES string of the molecule is CN(C)C(N=C1N(C)CCCCCN1C)=[N+](C)C. The third kappa shape index (κ3) is 3.89. The molecule has 0 bridgehead atoms. The first-order valence-electron chi connectivity index (χ1n) is 6.66. The van der Waals surface area contributed by atoms with Crippen molar-refractivity contribution in [1.82, 2.24) is 14.7 Å². The molecule has 1 aliphatic rings. The van der Waals surface area contributed by atoms with Gasteiger partial charge >= 0.3 is 5.96 Å². The second-order valence-corrected chi connectivity index (χ2v) is 5.40. The minimum atomic E-state index is 0.976. The Morgan fingerprint density at radius 2 is 1.56 bits per heavy atom. The van der Waals surface area contributed by atoms with Crippen molar-refractivity contribution in [2.24, 2.45) is 4.99 Å². The summed E-state index contributed by atoms with van der Waals surface area (Å²) in [5, 5.41) is 0. The van der Waals surface area contributed by atoms with Crippen LogP contribution in [0, 0.1) is 0 Å². The minimum absolute atomic E-state index is 0.976. The molecule has 0 saturated carbocycles. The third-order valence-electron chi connectivity index (χ3n) is 3.17. The molecule has 5 heteroatoms. The summed E-state index contributed by atoms with van der Waals surface area (Å²) in [6.45, 7) is 2.16. The Bertz CT molecular complexity index is 314. The molecule has 0 radical (unpaired) electrons. The molecule has 104 valence electrons. The number of nitrogens with zero attached hydrogens (tertiary/aromatic N) is 5. The van der Waals surface area contributed by atoms with Crippen LogP contribution in [0.5, 0.6) is 0 Å². The smallest absolute Gasteiger partial charge is 0.331 e. The van der Waals surface area contributed by atoms with Crippen LogP contribution in [-0.4, -0.2) is 86.6 Å². The van der Waals surface area contributed by atoms with Gasteiger partial charge in [-0.2, -0.15) is 0 Å². The van der Waals surface area contributed by atoms with Gasteiger partial charge in [0, 0.05) is 27.2 Å². The van der Waals surface area contributed by atoms with Crippen LogP contribution in [0.3, 0.4) is 0 Å². The maximum atomic E-state index is 4.84. The molecule has 1 fully saturated rings. The topological polar surface area (TPSA) is 25.1 Å². The minimum Gasteiger partial charge on any atom is -0.331 e. The Balaban J connectivity index is 3.03. The molecule has 0 unspecified atom stereocenters. The third-order valence-corrected chi connectivity index (χ3v) is 3.17. The number of aliphatic imine (C=N–C) groups is 1. The Morgan fingerprint density at radius 1 is 1.06 bits per heavy atom. The van der Waals surface area contributed by atoms with E-state index in [4.69, 9.17) is 4.99 Å². The van der Waals surface area contributed by atoms with E-state index in [1.807, 2.05) is 37.7 Å². The van der Waals surface area contributed by atoms with E-state index in [0.717, 1.165) is 25.0 Å².